The Morgan fingerprint density at radius 1 is 0.379 bits per heavy atom. The number of hydrogen-bond donors (Lipinski definition) is 3. The highest BCUT2D eigenvalue weighted by molar-refractivity contribution is 6.11. The van der Waals surface area contributed by atoms with Crippen molar-refractivity contribution in [2.24, 2.45) is 0 Å². The topological polar surface area (TPSA) is 60.7 Å². The standard InChI is InChI=1S/C26H16O3/c27-24-13-22-11-20-9-18-7-16-5-14-3-1-2-4-15(14)6-17(16)8-19(18)10-21(20)12-23(22)25(28)26(24)29/h1-13,27-29H. The molecule has 0 saturated carbocycles. The van der Waals surface area contributed by atoms with E-state index in [1.54, 1.807) is 0 Å². The summed E-state index contributed by atoms with van der Waals surface area (Å²) in [7, 11) is 0. The average Bonchev–Trinajstić information content (AvgIpc) is 2.72. The first-order valence-corrected chi connectivity index (χ1v) is 9.44. The van der Waals surface area contributed by atoms with Crippen LogP contribution in [0.25, 0.3) is 53.9 Å². The van der Waals surface area contributed by atoms with Gasteiger partial charge in [0.05, 0.1) is 0 Å². The van der Waals surface area contributed by atoms with Crippen molar-refractivity contribution < 1.29 is 15.3 Å². The van der Waals surface area contributed by atoms with Crippen LogP contribution in [0.1, 0.15) is 0 Å². The highest BCUT2D eigenvalue weighted by atomic mass is 16.3. The normalized spacial score (nSPS) is 11.9. The summed E-state index contributed by atoms with van der Waals surface area (Å²) in [5.41, 5.74) is 0. The average molecular weight is 376 g/mol. The van der Waals surface area contributed by atoms with Gasteiger partial charge in [0.2, 0.25) is 5.75 Å². The summed E-state index contributed by atoms with van der Waals surface area (Å²) in [6, 6.07) is 26.6. The molecule has 6 aromatic carbocycles. The first kappa shape index (κ1) is 16.0. The van der Waals surface area contributed by atoms with Gasteiger partial charge in [-0.15, -0.1) is 0 Å². The lowest BCUT2D eigenvalue weighted by atomic mass is 9.96. The van der Waals surface area contributed by atoms with Gasteiger partial charge in [-0.05, 0) is 103 Å². The minimum absolute atomic E-state index is 0.299. The van der Waals surface area contributed by atoms with Crippen molar-refractivity contribution >= 4 is 53.9 Å². The molecule has 0 amide bonds. The lowest BCUT2D eigenvalue weighted by Gasteiger charge is -2.10. The third-order valence-corrected chi connectivity index (χ3v) is 5.80. The Morgan fingerprint density at radius 3 is 1.31 bits per heavy atom. The van der Waals surface area contributed by atoms with Crippen LogP contribution in [-0.4, -0.2) is 15.3 Å². The summed E-state index contributed by atoms with van der Waals surface area (Å²) in [6.45, 7) is 0. The predicted octanol–water partition coefficient (Wildman–Crippen LogP) is 6.57. The molecule has 3 heteroatoms. The molecule has 0 fully saturated rings. The lowest BCUT2D eigenvalue weighted by Crippen LogP contribution is -1.82. The summed E-state index contributed by atoms with van der Waals surface area (Å²) in [6.07, 6.45) is 0. The zero-order chi connectivity index (χ0) is 19.7. The molecule has 3 N–H and O–H groups in total. The van der Waals surface area contributed by atoms with Crippen LogP contribution in [0, 0.1) is 0 Å². The van der Waals surface area contributed by atoms with Gasteiger partial charge in [-0.3, -0.25) is 0 Å². The fourth-order valence-corrected chi connectivity index (χ4v) is 4.30. The number of fused-ring (bicyclic) bond motifs is 5. The van der Waals surface area contributed by atoms with Crippen molar-refractivity contribution in [1.29, 1.82) is 0 Å². The molecule has 6 aromatic rings. The summed E-state index contributed by atoms with van der Waals surface area (Å²) in [4.78, 5) is 0. The van der Waals surface area contributed by atoms with Gasteiger partial charge in [-0.2, -0.15) is 0 Å². The van der Waals surface area contributed by atoms with Gasteiger partial charge >= 0.3 is 0 Å². The Bertz CT molecular complexity index is 1630. The molecule has 138 valence electrons. The van der Waals surface area contributed by atoms with Gasteiger partial charge in [0, 0.05) is 5.39 Å². The van der Waals surface area contributed by atoms with Crippen LogP contribution in [0.4, 0.5) is 0 Å². The van der Waals surface area contributed by atoms with E-state index < -0.39 is 5.75 Å². The fraction of sp³-hybridized carbons (Fsp3) is 0. The van der Waals surface area contributed by atoms with E-state index in [0.29, 0.717) is 10.8 Å². The van der Waals surface area contributed by atoms with Gasteiger partial charge in [0.25, 0.3) is 0 Å². The molecule has 0 atom stereocenters. The van der Waals surface area contributed by atoms with Crippen molar-refractivity contribution in [2.75, 3.05) is 0 Å². The summed E-state index contributed by atoms with van der Waals surface area (Å²) >= 11 is 0. The van der Waals surface area contributed by atoms with E-state index in [1.165, 1.54) is 27.6 Å². The van der Waals surface area contributed by atoms with Crippen LogP contribution in [0.2, 0.25) is 0 Å². The largest absolute Gasteiger partial charge is 0.504 e. The SMILES string of the molecule is Oc1cc2cc3cc4cc5cc6ccccc6cc5cc4cc3cc2c(O)c1O. The highest BCUT2D eigenvalue weighted by Gasteiger charge is 2.12. The zero-order valence-corrected chi connectivity index (χ0v) is 15.3. The molecule has 6 rings (SSSR count). The molecule has 0 radical (unpaired) electrons. The predicted molar refractivity (Wildman–Crippen MR) is 119 cm³/mol. The number of rotatable bonds is 0. The number of hydrogen-bond acceptors (Lipinski definition) is 3. The highest BCUT2D eigenvalue weighted by Crippen LogP contribution is 2.42. The number of phenolic OH excluding ortho intramolecular Hbond substituents is 3. The second kappa shape index (κ2) is 5.52. The summed E-state index contributed by atoms with van der Waals surface area (Å²) < 4.78 is 0. The number of phenols is 3. The van der Waals surface area contributed by atoms with Gasteiger partial charge in [-0.25, -0.2) is 0 Å². The van der Waals surface area contributed by atoms with Crippen LogP contribution in [-0.2, 0) is 0 Å². The zero-order valence-electron chi connectivity index (χ0n) is 15.3. The van der Waals surface area contributed by atoms with Crippen molar-refractivity contribution in [3.05, 3.63) is 78.9 Å². The van der Waals surface area contributed by atoms with E-state index in [1.807, 2.05) is 18.2 Å². The second-order valence-corrected chi connectivity index (χ2v) is 7.61. The molecule has 3 nitrogen and oxygen atoms in total. The van der Waals surface area contributed by atoms with E-state index in [4.69, 9.17) is 0 Å². The fourth-order valence-electron chi connectivity index (χ4n) is 4.30. The van der Waals surface area contributed by atoms with E-state index in [9.17, 15) is 15.3 Å². The molecule has 29 heavy (non-hydrogen) atoms. The summed E-state index contributed by atoms with van der Waals surface area (Å²) in [5.74, 6) is -1.12. The van der Waals surface area contributed by atoms with Crippen LogP contribution in [0.15, 0.2) is 78.9 Å². The van der Waals surface area contributed by atoms with Crippen molar-refractivity contribution in [3.8, 4) is 17.2 Å². The Labute approximate surface area is 165 Å². The van der Waals surface area contributed by atoms with Crippen LogP contribution in [0.3, 0.4) is 0 Å². The second-order valence-electron chi connectivity index (χ2n) is 7.61. The van der Waals surface area contributed by atoms with E-state index in [0.717, 1.165) is 21.5 Å². The van der Waals surface area contributed by atoms with E-state index in [2.05, 4.69) is 54.6 Å². The van der Waals surface area contributed by atoms with Crippen molar-refractivity contribution in [2.45, 2.75) is 0 Å². The monoisotopic (exact) mass is 376 g/mol. The molecule has 0 aromatic heterocycles. The minimum atomic E-state index is -0.490. The molecule has 0 bridgehead atoms. The van der Waals surface area contributed by atoms with Crippen molar-refractivity contribution in [1.82, 2.24) is 0 Å². The smallest absolute Gasteiger partial charge is 0.200 e. The summed E-state index contributed by atoms with van der Waals surface area (Å²) in [5, 5.41) is 40.1. The molecule has 0 spiro atoms. The van der Waals surface area contributed by atoms with Gasteiger partial charge in [0.1, 0.15) is 0 Å². The van der Waals surface area contributed by atoms with Gasteiger partial charge in [-0.1, -0.05) is 24.3 Å². The Kier molecular flexibility index (Phi) is 3.05. The Balaban J connectivity index is 1.70. The molecular formula is C26H16O3. The first-order valence-electron chi connectivity index (χ1n) is 9.44. The molecule has 0 aliphatic rings. The minimum Gasteiger partial charge on any atom is -0.504 e. The van der Waals surface area contributed by atoms with Crippen LogP contribution < -0.4 is 0 Å². The molecule has 0 aliphatic carbocycles. The van der Waals surface area contributed by atoms with Crippen LogP contribution in [0.5, 0.6) is 17.2 Å². The maximum absolute atomic E-state index is 10.2. The quantitative estimate of drug-likeness (QED) is 0.208. The molecule has 0 saturated heterocycles. The van der Waals surface area contributed by atoms with Crippen molar-refractivity contribution in [3.63, 3.8) is 0 Å². The molecule has 0 aliphatic heterocycles. The molecule has 0 unspecified atom stereocenters. The Morgan fingerprint density at radius 2 is 0.793 bits per heavy atom. The van der Waals surface area contributed by atoms with E-state index >= 15 is 0 Å². The number of benzene rings is 6. The van der Waals surface area contributed by atoms with Gasteiger partial charge < -0.3 is 15.3 Å². The third-order valence-electron chi connectivity index (χ3n) is 5.80. The molecule has 0 heterocycles. The lowest BCUT2D eigenvalue weighted by molar-refractivity contribution is 0.371. The van der Waals surface area contributed by atoms with E-state index in [-0.39, 0.29) is 11.5 Å². The number of aromatic hydroxyl groups is 3. The van der Waals surface area contributed by atoms with Gasteiger partial charge in [0.15, 0.2) is 11.5 Å². The molecular weight excluding hydrogens is 360 g/mol. The maximum Gasteiger partial charge on any atom is 0.200 e. The first-order chi connectivity index (χ1) is 14.1. The maximum atomic E-state index is 10.2. The Hall–Kier alpha value is -3.98. The third kappa shape index (κ3) is 2.31. The van der Waals surface area contributed by atoms with Crippen LogP contribution >= 0.6 is 0 Å².